The van der Waals surface area contributed by atoms with E-state index in [0.29, 0.717) is 6.54 Å². The number of aliphatic hydroxyl groups excluding tert-OH is 1. The largest absolute Gasteiger partial charge is 0.508 e. The summed E-state index contributed by atoms with van der Waals surface area (Å²) < 4.78 is 0. The Balaban J connectivity index is 1.75. The molecule has 0 aliphatic heterocycles. The highest BCUT2D eigenvalue weighted by Gasteiger charge is 2.10. The second kappa shape index (κ2) is 8.42. The Labute approximate surface area is 140 Å². The van der Waals surface area contributed by atoms with Gasteiger partial charge in [0.15, 0.2) is 0 Å². The Hall–Kier alpha value is -2.44. The van der Waals surface area contributed by atoms with Gasteiger partial charge < -0.3 is 15.5 Å². The summed E-state index contributed by atoms with van der Waals surface area (Å²) >= 11 is 0. The van der Waals surface area contributed by atoms with Crippen molar-refractivity contribution in [2.75, 3.05) is 6.54 Å². The van der Waals surface area contributed by atoms with E-state index in [1.165, 1.54) is 12.1 Å². The minimum atomic E-state index is -0.632. The van der Waals surface area contributed by atoms with Gasteiger partial charge in [0.25, 0.3) is 5.69 Å². The molecule has 24 heavy (non-hydrogen) atoms. The Kier molecular flexibility index (Phi) is 6.28. The summed E-state index contributed by atoms with van der Waals surface area (Å²) in [6.07, 6.45) is 1.04. The van der Waals surface area contributed by atoms with Crippen LogP contribution in [0.15, 0.2) is 48.5 Å². The maximum absolute atomic E-state index is 10.6. The van der Waals surface area contributed by atoms with Gasteiger partial charge in [0.05, 0.1) is 11.0 Å². The monoisotopic (exact) mass is 330 g/mol. The summed E-state index contributed by atoms with van der Waals surface area (Å²) in [6.45, 7) is 2.46. The molecule has 2 unspecified atom stereocenters. The third-order valence-electron chi connectivity index (χ3n) is 3.95. The van der Waals surface area contributed by atoms with Crippen LogP contribution in [0.2, 0.25) is 0 Å². The Morgan fingerprint density at radius 3 is 2.33 bits per heavy atom. The molecule has 2 aromatic carbocycles. The van der Waals surface area contributed by atoms with Gasteiger partial charge in [0.1, 0.15) is 5.75 Å². The number of rotatable bonds is 8. The molecule has 0 amide bonds. The second-order valence-corrected chi connectivity index (χ2v) is 5.88. The Bertz CT molecular complexity index is 656. The normalized spacial score (nSPS) is 13.4. The average molecular weight is 330 g/mol. The number of hydrogen-bond acceptors (Lipinski definition) is 5. The number of non-ortho nitro benzene ring substituents is 1. The fraction of sp³-hybridized carbons (Fsp3) is 0.333. The van der Waals surface area contributed by atoms with Gasteiger partial charge in [-0.15, -0.1) is 0 Å². The molecule has 0 fully saturated rings. The zero-order valence-electron chi connectivity index (χ0n) is 13.6. The molecule has 0 radical (unpaired) electrons. The van der Waals surface area contributed by atoms with Crippen molar-refractivity contribution in [2.24, 2.45) is 0 Å². The fourth-order valence-corrected chi connectivity index (χ4v) is 2.40. The molecule has 2 rings (SSSR count). The molecule has 0 heterocycles. The molecular formula is C18H22N2O4. The summed E-state index contributed by atoms with van der Waals surface area (Å²) in [5, 5.41) is 33.3. The first-order valence-corrected chi connectivity index (χ1v) is 7.89. The Morgan fingerprint density at radius 1 is 1.12 bits per heavy atom. The van der Waals surface area contributed by atoms with E-state index >= 15 is 0 Å². The zero-order valence-corrected chi connectivity index (χ0v) is 13.6. The van der Waals surface area contributed by atoms with Crippen LogP contribution in [-0.4, -0.2) is 27.7 Å². The topological polar surface area (TPSA) is 95.6 Å². The quantitative estimate of drug-likeness (QED) is 0.511. The van der Waals surface area contributed by atoms with Crippen LogP contribution >= 0.6 is 0 Å². The van der Waals surface area contributed by atoms with E-state index in [9.17, 15) is 20.3 Å². The average Bonchev–Trinajstić information content (AvgIpc) is 2.58. The predicted octanol–water partition coefficient (Wildman–Crippen LogP) is 2.94. The van der Waals surface area contributed by atoms with Crippen LogP contribution in [0.4, 0.5) is 5.69 Å². The van der Waals surface area contributed by atoms with Crippen LogP contribution in [0.25, 0.3) is 0 Å². The van der Waals surface area contributed by atoms with Crippen molar-refractivity contribution in [2.45, 2.75) is 31.9 Å². The van der Waals surface area contributed by atoms with Crippen LogP contribution in [0.3, 0.4) is 0 Å². The van der Waals surface area contributed by atoms with Crippen LogP contribution in [-0.2, 0) is 6.42 Å². The highest BCUT2D eigenvalue weighted by Crippen LogP contribution is 2.17. The standard InChI is InChI=1S/C18H22N2O4/c1-13(2-3-14-4-8-16(9-5-14)20(23)24)19-12-18(22)15-6-10-17(21)11-7-15/h4-11,13,18-19,21-22H,2-3,12H2,1H3. The van der Waals surface area contributed by atoms with E-state index in [1.54, 1.807) is 36.4 Å². The lowest BCUT2D eigenvalue weighted by molar-refractivity contribution is -0.384. The molecule has 2 atom stereocenters. The van der Waals surface area contributed by atoms with Crippen LogP contribution in [0, 0.1) is 10.1 Å². The molecule has 6 heteroatoms. The number of nitro groups is 1. The lowest BCUT2D eigenvalue weighted by Crippen LogP contribution is -2.30. The molecule has 0 aliphatic carbocycles. The fourth-order valence-electron chi connectivity index (χ4n) is 2.40. The lowest BCUT2D eigenvalue weighted by atomic mass is 10.0. The maximum atomic E-state index is 10.6. The predicted molar refractivity (Wildman–Crippen MR) is 91.9 cm³/mol. The first-order chi connectivity index (χ1) is 11.5. The van der Waals surface area contributed by atoms with E-state index < -0.39 is 11.0 Å². The number of phenols is 1. The molecule has 0 aliphatic rings. The first-order valence-electron chi connectivity index (χ1n) is 7.89. The van der Waals surface area contributed by atoms with E-state index in [-0.39, 0.29) is 17.5 Å². The summed E-state index contributed by atoms with van der Waals surface area (Å²) in [4.78, 5) is 10.2. The highest BCUT2D eigenvalue weighted by atomic mass is 16.6. The number of aryl methyl sites for hydroxylation is 1. The lowest BCUT2D eigenvalue weighted by Gasteiger charge is -2.17. The number of nitro benzene ring substituents is 1. The molecular weight excluding hydrogens is 308 g/mol. The van der Waals surface area contributed by atoms with Crippen molar-refractivity contribution < 1.29 is 15.1 Å². The van der Waals surface area contributed by atoms with Crippen LogP contribution in [0.5, 0.6) is 5.75 Å². The summed E-state index contributed by atoms with van der Waals surface area (Å²) in [6, 6.07) is 13.3. The second-order valence-electron chi connectivity index (χ2n) is 5.88. The molecule has 2 aromatic rings. The number of benzene rings is 2. The van der Waals surface area contributed by atoms with Crippen molar-refractivity contribution in [3.05, 3.63) is 69.8 Å². The van der Waals surface area contributed by atoms with E-state index in [4.69, 9.17) is 0 Å². The zero-order chi connectivity index (χ0) is 17.5. The van der Waals surface area contributed by atoms with Crippen molar-refractivity contribution in [1.29, 1.82) is 0 Å². The molecule has 0 saturated carbocycles. The SMILES string of the molecule is CC(CCc1ccc([N+](=O)[O-])cc1)NCC(O)c1ccc(O)cc1. The van der Waals surface area contributed by atoms with E-state index in [2.05, 4.69) is 5.32 Å². The number of nitrogens with one attached hydrogen (secondary N) is 1. The number of aliphatic hydroxyl groups is 1. The molecule has 3 N–H and O–H groups in total. The van der Waals surface area contributed by atoms with E-state index in [0.717, 1.165) is 24.0 Å². The van der Waals surface area contributed by atoms with Gasteiger partial charge in [-0.05, 0) is 43.0 Å². The summed E-state index contributed by atoms with van der Waals surface area (Å²) in [5.41, 5.74) is 1.90. The molecule has 0 bridgehead atoms. The smallest absolute Gasteiger partial charge is 0.269 e. The molecule has 0 spiro atoms. The van der Waals surface area contributed by atoms with Gasteiger partial charge in [-0.2, -0.15) is 0 Å². The Morgan fingerprint density at radius 2 is 1.75 bits per heavy atom. The number of aromatic hydroxyl groups is 1. The van der Waals surface area contributed by atoms with Crippen LogP contribution in [0.1, 0.15) is 30.6 Å². The van der Waals surface area contributed by atoms with Crippen LogP contribution < -0.4 is 5.32 Å². The van der Waals surface area contributed by atoms with E-state index in [1.807, 2.05) is 6.92 Å². The third-order valence-corrected chi connectivity index (χ3v) is 3.95. The van der Waals surface area contributed by atoms with Gasteiger partial charge in [-0.3, -0.25) is 10.1 Å². The van der Waals surface area contributed by atoms with Gasteiger partial charge in [-0.1, -0.05) is 24.3 Å². The number of phenolic OH excluding ortho intramolecular Hbond substituents is 1. The molecule has 0 aromatic heterocycles. The number of nitrogens with zero attached hydrogens (tertiary/aromatic N) is 1. The number of hydrogen-bond donors (Lipinski definition) is 3. The van der Waals surface area contributed by atoms with Gasteiger partial charge in [-0.25, -0.2) is 0 Å². The molecule has 128 valence electrons. The molecule has 6 nitrogen and oxygen atoms in total. The molecule has 0 saturated heterocycles. The maximum Gasteiger partial charge on any atom is 0.269 e. The van der Waals surface area contributed by atoms with Gasteiger partial charge in [0.2, 0.25) is 0 Å². The minimum Gasteiger partial charge on any atom is -0.508 e. The third kappa shape index (κ3) is 5.33. The summed E-state index contributed by atoms with van der Waals surface area (Å²) in [5.74, 6) is 0.176. The summed E-state index contributed by atoms with van der Waals surface area (Å²) in [7, 11) is 0. The van der Waals surface area contributed by atoms with Gasteiger partial charge >= 0.3 is 0 Å². The minimum absolute atomic E-state index is 0.0990. The van der Waals surface area contributed by atoms with Crippen molar-refractivity contribution in [3.63, 3.8) is 0 Å². The van der Waals surface area contributed by atoms with Crippen molar-refractivity contribution in [3.8, 4) is 5.75 Å². The van der Waals surface area contributed by atoms with Crippen molar-refractivity contribution >= 4 is 5.69 Å². The van der Waals surface area contributed by atoms with Crippen molar-refractivity contribution in [1.82, 2.24) is 5.32 Å². The first kappa shape index (κ1) is 17.9. The van der Waals surface area contributed by atoms with Gasteiger partial charge in [0, 0.05) is 24.7 Å². The highest BCUT2D eigenvalue weighted by molar-refractivity contribution is 5.33.